The SMILES string of the molecule is CC(C)(C)OCC(O)CNc1ccc(F)c(Cl)c1. The van der Waals surface area contributed by atoms with Gasteiger partial charge in [0.2, 0.25) is 0 Å². The summed E-state index contributed by atoms with van der Waals surface area (Å²) in [6.45, 7) is 6.33. The highest BCUT2D eigenvalue weighted by molar-refractivity contribution is 6.31. The van der Waals surface area contributed by atoms with E-state index in [0.29, 0.717) is 12.2 Å². The van der Waals surface area contributed by atoms with Gasteiger partial charge >= 0.3 is 0 Å². The van der Waals surface area contributed by atoms with E-state index in [0.717, 1.165) is 0 Å². The normalized spacial score (nSPS) is 13.4. The Bertz CT molecular complexity index is 393. The first kappa shape index (κ1) is 15.2. The Morgan fingerprint density at radius 1 is 1.44 bits per heavy atom. The fraction of sp³-hybridized carbons (Fsp3) is 0.538. The number of nitrogens with one attached hydrogen (secondary N) is 1. The second-order valence-electron chi connectivity index (χ2n) is 5.09. The van der Waals surface area contributed by atoms with Crippen LogP contribution < -0.4 is 5.32 Å². The molecule has 1 aromatic rings. The summed E-state index contributed by atoms with van der Waals surface area (Å²) in [5, 5.41) is 12.7. The van der Waals surface area contributed by atoms with Gasteiger partial charge in [-0.15, -0.1) is 0 Å². The van der Waals surface area contributed by atoms with Gasteiger partial charge in [-0.1, -0.05) is 11.6 Å². The van der Waals surface area contributed by atoms with Gasteiger partial charge in [-0.2, -0.15) is 0 Å². The summed E-state index contributed by atoms with van der Waals surface area (Å²) in [4.78, 5) is 0. The molecule has 0 amide bonds. The van der Waals surface area contributed by atoms with E-state index in [9.17, 15) is 9.50 Å². The van der Waals surface area contributed by atoms with E-state index in [1.165, 1.54) is 12.1 Å². The molecule has 0 saturated heterocycles. The summed E-state index contributed by atoms with van der Waals surface area (Å²) < 4.78 is 18.4. The largest absolute Gasteiger partial charge is 0.389 e. The topological polar surface area (TPSA) is 41.5 Å². The van der Waals surface area contributed by atoms with Crippen LogP contribution in [0.1, 0.15) is 20.8 Å². The van der Waals surface area contributed by atoms with E-state index < -0.39 is 11.9 Å². The smallest absolute Gasteiger partial charge is 0.141 e. The average molecular weight is 276 g/mol. The lowest BCUT2D eigenvalue weighted by atomic mass is 10.2. The first-order valence-electron chi connectivity index (χ1n) is 5.79. The zero-order valence-corrected chi connectivity index (χ0v) is 11.6. The van der Waals surface area contributed by atoms with E-state index in [1.54, 1.807) is 6.07 Å². The van der Waals surface area contributed by atoms with Crippen molar-refractivity contribution in [3.05, 3.63) is 29.0 Å². The fourth-order valence-corrected chi connectivity index (χ4v) is 1.43. The Kier molecular flexibility index (Phi) is 5.38. The molecule has 2 N–H and O–H groups in total. The monoisotopic (exact) mass is 275 g/mol. The maximum Gasteiger partial charge on any atom is 0.141 e. The van der Waals surface area contributed by atoms with Crippen LogP contribution in [-0.2, 0) is 4.74 Å². The Morgan fingerprint density at radius 2 is 2.11 bits per heavy atom. The Hall–Kier alpha value is -0.840. The zero-order valence-electron chi connectivity index (χ0n) is 10.8. The molecule has 102 valence electrons. The molecule has 0 heterocycles. The van der Waals surface area contributed by atoms with Gasteiger partial charge in [0.05, 0.1) is 23.3 Å². The van der Waals surface area contributed by atoms with Crippen molar-refractivity contribution in [1.29, 1.82) is 0 Å². The van der Waals surface area contributed by atoms with Gasteiger partial charge < -0.3 is 15.2 Å². The third-order valence-electron chi connectivity index (χ3n) is 2.17. The molecule has 1 rings (SSSR count). The molecule has 0 aromatic heterocycles. The molecule has 0 radical (unpaired) electrons. The Balaban J connectivity index is 2.38. The van der Waals surface area contributed by atoms with Gasteiger partial charge in [0, 0.05) is 12.2 Å². The average Bonchev–Trinajstić information content (AvgIpc) is 2.27. The number of aliphatic hydroxyl groups is 1. The van der Waals surface area contributed by atoms with Gasteiger partial charge in [0.15, 0.2) is 0 Å². The number of ether oxygens (including phenoxy) is 1. The molecule has 5 heteroatoms. The van der Waals surface area contributed by atoms with Crippen molar-refractivity contribution in [3.63, 3.8) is 0 Å². The molecule has 1 unspecified atom stereocenters. The molecular formula is C13H19ClFNO2. The maximum atomic E-state index is 12.9. The highest BCUT2D eigenvalue weighted by Gasteiger charge is 2.13. The molecule has 0 aliphatic rings. The van der Waals surface area contributed by atoms with Gasteiger partial charge in [-0.3, -0.25) is 0 Å². The molecule has 18 heavy (non-hydrogen) atoms. The second kappa shape index (κ2) is 6.36. The number of hydrogen-bond acceptors (Lipinski definition) is 3. The summed E-state index contributed by atoms with van der Waals surface area (Å²) in [5.41, 5.74) is 0.386. The minimum Gasteiger partial charge on any atom is -0.389 e. The lowest BCUT2D eigenvalue weighted by Crippen LogP contribution is -2.30. The van der Waals surface area contributed by atoms with Crippen molar-refractivity contribution in [1.82, 2.24) is 0 Å². The predicted octanol–water partition coefficient (Wildman–Crippen LogP) is 3.07. The van der Waals surface area contributed by atoms with Crippen LogP contribution >= 0.6 is 11.6 Å². The van der Waals surface area contributed by atoms with E-state index in [1.807, 2.05) is 20.8 Å². The quantitative estimate of drug-likeness (QED) is 0.868. The van der Waals surface area contributed by atoms with E-state index in [-0.39, 0.29) is 17.2 Å². The van der Waals surface area contributed by atoms with Crippen molar-refractivity contribution in [2.75, 3.05) is 18.5 Å². The van der Waals surface area contributed by atoms with Crippen LogP contribution in [0.2, 0.25) is 5.02 Å². The van der Waals surface area contributed by atoms with Crippen molar-refractivity contribution in [2.45, 2.75) is 32.5 Å². The van der Waals surface area contributed by atoms with Crippen LogP contribution in [0, 0.1) is 5.82 Å². The number of halogens is 2. The standard InChI is InChI=1S/C13H19ClFNO2/c1-13(2,3)18-8-10(17)7-16-9-4-5-12(15)11(14)6-9/h4-6,10,16-17H,7-8H2,1-3H3. The van der Waals surface area contributed by atoms with Gasteiger partial charge in [-0.25, -0.2) is 4.39 Å². The van der Waals surface area contributed by atoms with Crippen molar-refractivity contribution < 1.29 is 14.2 Å². The molecular weight excluding hydrogens is 257 g/mol. The molecule has 0 spiro atoms. The number of benzene rings is 1. The molecule has 1 atom stereocenters. The van der Waals surface area contributed by atoms with Gasteiger partial charge in [0.25, 0.3) is 0 Å². The number of anilines is 1. The van der Waals surface area contributed by atoms with Crippen LogP contribution in [0.4, 0.5) is 10.1 Å². The third-order valence-corrected chi connectivity index (χ3v) is 2.46. The Morgan fingerprint density at radius 3 is 2.67 bits per heavy atom. The number of rotatable bonds is 5. The highest BCUT2D eigenvalue weighted by atomic mass is 35.5. The molecule has 0 bridgehead atoms. The minimum atomic E-state index is -0.631. The fourth-order valence-electron chi connectivity index (χ4n) is 1.25. The molecule has 0 aliphatic heterocycles. The van der Waals surface area contributed by atoms with Gasteiger partial charge in [0.1, 0.15) is 5.82 Å². The summed E-state index contributed by atoms with van der Waals surface area (Å²) in [6.07, 6.45) is -0.631. The second-order valence-corrected chi connectivity index (χ2v) is 5.49. The molecule has 0 saturated carbocycles. The molecule has 0 fully saturated rings. The van der Waals surface area contributed by atoms with Crippen LogP contribution in [0.25, 0.3) is 0 Å². The lowest BCUT2D eigenvalue weighted by Gasteiger charge is -2.22. The Labute approximate surface area is 112 Å². The van der Waals surface area contributed by atoms with E-state index in [2.05, 4.69) is 5.32 Å². The van der Waals surface area contributed by atoms with Crippen LogP contribution in [0.5, 0.6) is 0 Å². The van der Waals surface area contributed by atoms with Crippen molar-refractivity contribution >= 4 is 17.3 Å². The van der Waals surface area contributed by atoms with E-state index >= 15 is 0 Å². The first-order chi connectivity index (χ1) is 8.28. The highest BCUT2D eigenvalue weighted by Crippen LogP contribution is 2.19. The number of aliphatic hydroxyl groups excluding tert-OH is 1. The first-order valence-corrected chi connectivity index (χ1v) is 6.17. The summed E-state index contributed by atoms with van der Waals surface area (Å²) in [5.74, 6) is -0.459. The molecule has 1 aromatic carbocycles. The van der Waals surface area contributed by atoms with E-state index in [4.69, 9.17) is 16.3 Å². The predicted molar refractivity (Wildman–Crippen MR) is 71.6 cm³/mol. The number of hydrogen-bond donors (Lipinski definition) is 2. The zero-order chi connectivity index (χ0) is 13.8. The third kappa shape index (κ3) is 5.67. The van der Waals surface area contributed by atoms with Crippen LogP contribution in [-0.4, -0.2) is 30.0 Å². The van der Waals surface area contributed by atoms with Crippen molar-refractivity contribution in [2.24, 2.45) is 0 Å². The maximum absolute atomic E-state index is 12.9. The minimum absolute atomic E-state index is 0.0560. The summed E-state index contributed by atoms with van der Waals surface area (Å²) in [7, 11) is 0. The molecule has 3 nitrogen and oxygen atoms in total. The summed E-state index contributed by atoms with van der Waals surface area (Å²) >= 11 is 5.65. The lowest BCUT2D eigenvalue weighted by molar-refractivity contribution is -0.0449. The van der Waals surface area contributed by atoms with Gasteiger partial charge in [-0.05, 0) is 39.0 Å². The van der Waals surface area contributed by atoms with Crippen LogP contribution in [0.3, 0.4) is 0 Å². The summed E-state index contributed by atoms with van der Waals surface area (Å²) in [6, 6.07) is 4.33. The molecule has 0 aliphatic carbocycles. The van der Waals surface area contributed by atoms with Crippen LogP contribution in [0.15, 0.2) is 18.2 Å². The van der Waals surface area contributed by atoms with Crippen molar-refractivity contribution in [3.8, 4) is 0 Å².